The van der Waals surface area contributed by atoms with E-state index in [1.54, 1.807) is 6.20 Å². The second kappa shape index (κ2) is 5.90. The maximum absolute atomic E-state index is 10.6. The van der Waals surface area contributed by atoms with Crippen molar-refractivity contribution in [2.45, 2.75) is 6.92 Å². The Bertz CT molecular complexity index is 1100. The molecule has 0 bridgehead atoms. The first-order valence-electron chi connectivity index (χ1n) is 7.78. The molecule has 4 aromatic rings. The van der Waals surface area contributed by atoms with Crippen LogP contribution in [0.1, 0.15) is 15.7 Å². The molecule has 0 radical (unpaired) electrons. The zero-order valence-corrected chi connectivity index (χ0v) is 15.2. The molecule has 0 aliphatic carbocycles. The van der Waals surface area contributed by atoms with Gasteiger partial charge in [0.1, 0.15) is 0 Å². The molecule has 1 N–H and O–H groups in total. The van der Waals surface area contributed by atoms with E-state index in [1.807, 2.05) is 24.3 Å². The number of phenols is 1. The molecule has 2 aromatic carbocycles. The standard InChI is InChI=1S/C20H16N2OSe/c1-13-12-14(20(23)19-15(13)6-5-11-21-19)9-10-18-22(2)16-7-3-4-8-17(16)24-18/h3-12H,1-2H3/p+1. The fraction of sp³-hybridized carbons (Fsp3) is 0.100. The van der Waals surface area contributed by atoms with E-state index in [4.69, 9.17) is 0 Å². The molecule has 0 saturated heterocycles. The Morgan fingerprint density at radius 3 is 2.79 bits per heavy atom. The molecule has 0 aliphatic heterocycles. The number of hydrogen-bond donors (Lipinski definition) is 1. The monoisotopic (exact) mass is 381 g/mol. The van der Waals surface area contributed by atoms with Gasteiger partial charge in [0.25, 0.3) is 0 Å². The molecule has 4 rings (SSSR count). The molecule has 4 heteroatoms. The van der Waals surface area contributed by atoms with Crippen LogP contribution >= 0.6 is 0 Å². The van der Waals surface area contributed by atoms with Crippen LogP contribution in [0.2, 0.25) is 0 Å². The first-order chi connectivity index (χ1) is 11.6. The number of para-hydroxylation sites is 1. The summed E-state index contributed by atoms with van der Waals surface area (Å²) in [5.41, 5.74) is 3.87. The van der Waals surface area contributed by atoms with Gasteiger partial charge < -0.3 is 0 Å². The van der Waals surface area contributed by atoms with E-state index >= 15 is 0 Å². The van der Waals surface area contributed by atoms with Crippen molar-refractivity contribution >= 4 is 47.3 Å². The average molecular weight is 380 g/mol. The Hall–Kier alpha value is -2.42. The van der Waals surface area contributed by atoms with E-state index in [0.717, 1.165) is 16.5 Å². The van der Waals surface area contributed by atoms with E-state index in [1.165, 1.54) is 14.3 Å². The number of phenolic OH excluding ortho intramolecular Hbond substituents is 1. The second-order valence-electron chi connectivity index (χ2n) is 5.83. The van der Waals surface area contributed by atoms with E-state index < -0.39 is 0 Å². The molecular formula is C20H17N2OSe+. The van der Waals surface area contributed by atoms with Crippen LogP contribution in [0.5, 0.6) is 5.75 Å². The van der Waals surface area contributed by atoms with Crippen LogP contribution < -0.4 is 4.57 Å². The number of benzene rings is 2. The minimum atomic E-state index is 0.249. The van der Waals surface area contributed by atoms with E-state index in [0.29, 0.717) is 20.0 Å². The average Bonchev–Trinajstić information content (AvgIpc) is 2.93. The fourth-order valence-corrected chi connectivity index (χ4v) is 5.19. The van der Waals surface area contributed by atoms with Crippen molar-refractivity contribution in [3.05, 3.63) is 64.4 Å². The Kier molecular flexibility index (Phi) is 3.72. The third-order valence-corrected chi connectivity index (χ3v) is 6.76. The van der Waals surface area contributed by atoms with Crippen molar-refractivity contribution in [3.63, 3.8) is 0 Å². The molecule has 2 aromatic heterocycles. The Morgan fingerprint density at radius 1 is 1.12 bits per heavy atom. The number of rotatable bonds is 2. The van der Waals surface area contributed by atoms with Crippen LogP contribution in [0.3, 0.4) is 0 Å². The van der Waals surface area contributed by atoms with Gasteiger partial charge in [0.05, 0.1) is 0 Å². The number of aromatic nitrogens is 2. The molecular weight excluding hydrogens is 363 g/mol. The van der Waals surface area contributed by atoms with Crippen LogP contribution in [-0.4, -0.2) is 24.6 Å². The Morgan fingerprint density at radius 2 is 1.96 bits per heavy atom. The third-order valence-electron chi connectivity index (χ3n) is 4.28. The van der Waals surface area contributed by atoms with Crippen molar-refractivity contribution in [2.24, 2.45) is 7.05 Å². The second-order valence-corrected chi connectivity index (χ2v) is 8.06. The van der Waals surface area contributed by atoms with Gasteiger partial charge in [-0.2, -0.15) is 0 Å². The summed E-state index contributed by atoms with van der Waals surface area (Å²) >= 11 is 0.293. The summed E-state index contributed by atoms with van der Waals surface area (Å²) < 4.78 is 4.91. The molecule has 0 amide bonds. The van der Waals surface area contributed by atoms with Gasteiger partial charge in [-0.25, -0.2) is 0 Å². The fourth-order valence-electron chi connectivity index (χ4n) is 2.98. The van der Waals surface area contributed by atoms with Crippen molar-refractivity contribution in [3.8, 4) is 5.75 Å². The molecule has 0 saturated carbocycles. The first kappa shape index (κ1) is 15.1. The molecule has 0 fully saturated rings. The van der Waals surface area contributed by atoms with E-state index in [9.17, 15) is 5.11 Å². The van der Waals surface area contributed by atoms with Crippen LogP contribution in [-0.2, 0) is 7.05 Å². The molecule has 2 heterocycles. The summed E-state index contributed by atoms with van der Waals surface area (Å²) in [5, 5.41) is 11.6. The predicted molar refractivity (Wildman–Crippen MR) is 99.1 cm³/mol. The van der Waals surface area contributed by atoms with Gasteiger partial charge >= 0.3 is 146 Å². The van der Waals surface area contributed by atoms with E-state index in [-0.39, 0.29) is 5.75 Å². The van der Waals surface area contributed by atoms with Gasteiger partial charge in [-0.15, -0.1) is 0 Å². The summed E-state index contributed by atoms with van der Waals surface area (Å²) in [7, 11) is 2.10. The number of nitrogens with zero attached hydrogens (tertiary/aromatic N) is 2. The predicted octanol–water partition coefficient (Wildman–Crippen LogP) is 3.45. The van der Waals surface area contributed by atoms with Gasteiger partial charge in [0, 0.05) is 0 Å². The number of pyridine rings is 1. The quantitative estimate of drug-likeness (QED) is 0.427. The number of hydrogen-bond acceptors (Lipinski definition) is 2. The summed E-state index contributed by atoms with van der Waals surface area (Å²) in [6.45, 7) is 2.05. The van der Waals surface area contributed by atoms with Crippen molar-refractivity contribution in [1.29, 1.82) is 0 Å². The minimum absolute atomic E-state index is 0.249. The van der Waals surface area contributed by atoms with Crippen molar-refractivity contribution < 1.29 is 9.67 Å². The summed E-state index contributed by atoms with van der Waals surface area (Å²) in [6.07, 6.45) is 5.83. The zero-order chi connectivity index (χ0) is 16.7. The van der Waals surface area contributed by atoms with Crippen molar-refractivity contribution in [1.82, 2.24) is 4.98 Å². The van der Waals surface area contributed by atoms with Crippen molar-refractivity contribution in [2.75, 3.05) is 0 Å². The summed E-state index contributed by atoms with van der Waals surface area (Å²) in [4.78, 5) is 4.33. The van der Waals surface area contributed by atoms with Gasteiger partial charge in [-0.3, -0.25) is 0 Å². The number of aryl methyl sites for hydroxylation is 2. The Labute approximate surface area is 146 Å². The third kappa shape index (κ3) is 2.44. The van der Waals surface area contributed by atoms with Crippen LogP contribution in [0.25, 0.3) is 32.8 Å². The van der Waals surface area contributed by atoms with Gasteiger partial charge in [0.15, 0.2) is 0 Å². The SMILES string of the molecule is Cc1cc(/C=C/c2[se]c3ccccc3[n+]2C)c(O)c2ncccc12. The maximum atomic E-state index is 10.6. The van der Waals surface area contributed by atoms with Gasteiger partial charge in [-0.1, -0.05) is 0 Å². The van der Waals surface area contributed by atoms with Gasteiger partial charge in [0.2, 0.25) is 0 Å². The summed E-state index contributed by atoms with van der Waals surface area (Å²) in [6, 6.07) is 14.4. The van der Waals surface area contributed by atoms with Gasteiger partial charge in [-0.05, 0) is 0 Å². The molecule has 3 nitrogen and oxygen atoms in total. The topological polar surface area (TPSA) is 37.0 Å². The number of fused-ring (bicyclic) bond motifs is 2. The normalized spacial score (nSPS) is 11.8. The molecule has 0 aliphatic rings. The number of aromatic hydroxyl groups is 1. The van der Waals surface area contributed by atoms with E-state index in [2.05, 4.69) is 53.9 Å². The molecule has 0 atom stereocenters. The Balaban J connectivity index is 1.82. The van der Waals surface area contributed by atoms with Crippen LogP contribution in [0.15, 0.2) is 48.7 Å². The van der Waals surface area contributed by atoms with Crippen LogP contribution in [0.4, 0.5) is 0 Å². The summed E-state index contributed by atoms with van der Waals surface area (Å²) in [5.74, 6) is 0.249. The first-order valence-corrected chi connectivity index (χ1v) is 9.49. The zero-order valence-electron chi connectivity index (χ0n) is 13.5. The van der Waals surface area contributed by atoms with Crippen LogP contribution in [0, 0.1) is 6.92 Å². The molecule has 24 heavy (non-hydrogen) atoms. The molecule has 118 valence electrons. The molecule has 0 spiro atoms. The molecule has 0 unspecified atom stereocenters.